The normalized spacial score (nSPS) is 12.1. The van der Waals surface area contributed by atoms with E-state index in [1.165, 1.54) is 17.0 Å². The van der Waals surface area contributed by atoms with E-state index in [1.807, 2.05) is 45.0 Å². The fraction of sp³-hybridized carbons (Fsp3) is 0.355. The molecule has 0 unspecified atom stereocenters. The van der Waals surface area contributed by atoms with Gasteiger partial charge in [0.05, 0.1) is 17.7 Å². The molecule has 3 aromatic rings. The SMILES string of the molecule is CCc1ccc(N(CC(=O)N(Cc2ccc(OC)cc2)[C@H](C)C(=O)NCC(C)C)S(=O)(=O)c2ccccc2)cc1. The Morgan fingerprint density at radius 1 is 0.875 bits per heavy atom. The zero-order valence-electron chi connectivity index (χ0n) is 23.8. The number of benzene rings is 3. The number of hydrogen-bond donors (Lipinski definition) is 1. The molecule has 0 radical (unpaired) electrons. The average molecular weight is 566 g/mol. The number of hydrogen-bond acceptors (Lipinski definition) is 5. The number of amides is 2. The third kappa shape index (κ3) is 7.85. The molecule has 0 aliphatic heterocycles. The standard InChI is InChI=1S/C31H39N3O5S/c1-6-25-12-16-27(17-13-25)34(40(37,38)29-10-8-7-9-11-29)22-30(35)33(24(4)31(36)32-20-23(2)3)21-26-14-18-28(39-5)19-15-26/h7-19,23-24H,6,20-22H2,1-5H3,(H,32,36)/t24-/m1/s1. The number of nitrogens with one attached hydrogen (secondary N) is 1. The second-order valence-corrected chi connectivity index (χ2v) is 11.9. The summed E-state index contributed by atoms with van der Waals surface area (Å²) in [5.41, 5.74) is 2.20. The van der Waals surface area contributed by atoms with Crippen molar-refractivity contribution in [2.45, 2.75) is 51.6 Å². The van der Waals surface area contributed by atoms with Gasteiger partial charge in [0.1, 0.15) is 18.3 Å². The number of carbonyl (C=O) groups excluding carboxylic acids is 2. The lowest BCUT2D eigenvalue weighted by molar-refractivity contribution is -0.139. The third-order valence-electron chi connectivity index (χ3n) is 6.61. The number of methoxy groups -OCH3 is 1. The van der Waals surface area contributed by atoms with Crippen molar-refractivity contribution in [1.29, 1.82) is 0 Å². The molecule has 3 rings (SSSR count). The molecular weight excluding hydrogens is 526 g/mol. The van der Waals surface area contributed by atoms with Crippen molar-refractivity contribution in [3.63, 3.8) is 0 Å². The molecular formula is C31H39N3O5S. The van der Waals surface area contributed by atoms with Gasteiger partial charge in [-0.05, 0) is 66.8 Å². The Labute approximate surface area is 238 Å². The van der Waals surface area contributed by atoms with E-state index in [-0.39, 0.29) is 23.3 Å². The molecule has 0 saturated carbocycles. The van der Waals surface area contributed by atoms with E-state index in [4.69, 9.17) is 4.74 Å². The predicted molar refractivity (Wildman–Crippen MR) is 158 cm³/mol. The van der Waals surface area contributed by atoms with Crippen LogP contribution in [0.1, 0.15) is 38.8 Å². The van der Waals surface area contributed by atoms with Crippen LogP contribution in [0.3, 0.4) is 0 Å². The highest BCUT2D eigenvalue weighted by Gasteiger charge is 2.32. The van der Waals surface area contributed by atoms with Crippen LogP contribution >= 0.6 is 0 Å². The lowest BCUT2D eigenvalue weighted by atomic mass is 10.1. The quantitative estimate of drug-likeness (QED) is 0.326. The number of nitrogens with zero attached hydrogens (tertiary/aromatic N) is 2. The summed E-state index contributed by atoms with van der Waals surface area (Å²) >= 11 is 0. The Hall–Kier alpha value is -3.85. The van der Waals surface area contributed by atoms with Gasteiger partial charge in [0.25, 0.3) is 10.0 Å². The predicted octanol–water partition coefficient (Wildman–Crippen LogP) is 4.64. The van der Waals surface area contributed by atoms with E-state index in [0.29, 0.717) is 18.0 Å². The molecule has 8 nitrogen and oxygen atoms in total. The molecule has 1 atom stereocenters. The van der Waals surface area contributed by atoms with E-state index in [0.717, 1.165) is 21.9 Å². The monoisotopic (exact) mass is 565 g/mol. The van der Waals surface area contributed by atoms with Gasteiger partial charge in [0.2, 0.25) is 11.8 Å². The van der Waals surface area contributed by atoms with Crippen molar-refractivity contribution in [2.24, 2.45) is 5.92 Å². The highest BCUT2D eigenvalue weighted by Crippen LogP contribution is 2.25. The van der Waals surface area contributed by atoms with Gasteiger partial charge in [0, 0.05) is 13.1 Å². The van der Waals surface area contributed by atoms with Gasteiger partial charge in [0.15, 0.2) is 0 Å². The van der Waals surface area contributed by atoms with Gasteiger partial charge in [-0.3, -0.25) is 13.9 Å². The summed E-state index contributed by atoms with van der Waals surface area (Å²) in [7, 11) is -2.51. The van der Waals surface area contributed by atoms with Crippen molar-refractivity contribution in [1.82, 2.24) is 10.2 Å². The van der Waals surface area contributed by atoms with E-state index < -0.39 is 28.5 Å². The first-order valence-corrected chi connectivity index (χ1v) is 14.9. The molecule has 0 aliphatic carbocycles. The number of ether oxygens (including phenoxy) is 1. The summed E-state index contributed by atoms with van der Waals surface area (Å²) in [5.74, 6) is 0.0990. The largest absolute Gasteiger partial charge is 0.497 e. The van der Waals surface area contributed by atoms with Crippen molar-refractivity contribution >= 4 is 27.5 Å². The molecule has 3 aromatic carbocycles. The Morgan fingerprint density at radius 2 is 1.48 bits per heavy atom. The Bertz CT molecular complexity index is 1360. The van der Waals surface area contributed by atoms with Crippen LogP contribution in [0.4, 0.5) is 5.69 Å². The van der Waals surface area contributed by atoms with Crippen LogP contribution in [0, 0.1) is 5.92 Å². The van der Waals surface area contributed by atoms with Crippen LogP contribution < -0.4 is 14.4 Å². The topological polar surface area (TPSA) is 96.0 Å². The highest BCUT2D eigenvalue weighted by molar-refractivity contribution is 7.92. The molecule has 9 heteroatoms. The number of rotatable bonds is 13. The molecule has 1 N–H and O–H groups in total. The van der Waals surface area contributed by atoms with Gasteiger partial charge < -0.3 is 15.0 Å². The molecule has 0 aromatic heterocycles. The molecule has 0 aliphatic rings. The first-order valence-electron chi connectivity index (χ1n) is 13.4. The maximum atomic E-state index is 14.0. The first kappa shape index (κ1) is 30.7. The summed E-state index contributed by atoms with van der Waals surface area (Å²) in [4.78, 5) is 28.5. The van der Waals surface area contributed by atoms with Crippen molar-refractivity contribution in [3.05, 3.63) is 90.0 Å². The van der Waals surface area contributed by atoms with Crippen LogP contribution in [0.2, 0.25) is 0 Å². The second kappa shape index (κ2) is 14.0. The molecule has 0 saturated heterocycles. The molecule has 0 fully saturated rings. The van der Waals surface area contributed by atoms with Gasteiger partial charge in [-0.15, -0.1) is 0 Å². The first-order chi connectivity index (χ1) is 19.1. The van der Waals surface area contributed by atoms with E-state index in [1.54, 1.807) is 56.5 Å². The van der Waals surface area contributed by atoms with Crippen LogP contribution in [0.15, 0.2) is 83.8 Å². The van der Waals surface area contributed by atoms with Crippen LogP contribution in [-0.4, -0.2) is 51.4 Å². The zero-order valence-corrected chi connectivity index (χ0v) is 24.6. The highest BCUT2D eigenvalue weighted by atomic mass is 32.2. The van der Waals surface area contributed by atoms with E-state index in [2.05, 4.69) is 5.32 Å². The molecule has 0 spiro atoms. The van der Waals surface area contributed by atoms with Crippen molar-refractivity contribution < 1.29 is 22.7 Å². The summed E-state index contributed by atoms with van der Waals surface area (Å²) in [5, 5.41) is 2.89. The minimum absolute atomic E-state index is 0.0757. The Balaban J connectivity index is 1.99. The summed E-state index contributed by atoms with van der Waals surface area (Å²) < 4.78 is 34.0. The van der Waals surface area contributed by atoms with Crippen LogP contribution in [0.5, 0.6) is 5.75 Å². The summed E-state index contributed by atoms with van der Waals surface area (Å²) in [6.07, 6.45) is 0.795. The smallest absolute Gasteiger partial charge is 0.264 e. The molecule has 0 bridgehead atoms. The maximum Gasteiger partial charge on any atom is 0.264 e. The van der Waals surface area contributed by atoms with E-state index in [9.17, 15) is 18.0 Å². The fourth-order valence-electron chi connectivity index (χ4n) is 4.11. The van der Waals surface area contributed by atoms with Gasteiger partial charge in [-0.25, -0.2) is 8.42 Å². The van der Waals surface area contributed by atoms with Gasteiger partial charge >= 0.3 is 0 Å². The molecule has 0 heterocycles. The minimum Gasteiger partial charge on any atom is -0.497 e. The van der Waals surface area contributed by atoms with Crippen LogP contribution in [0.25, 0.3) is 0 Å². The lowest BCUT2D eigenvalue weighted by Crippen LogP contribution is -2.51. The molecule has 214 valence electrons. The van der Waals surface area contributed by atoms with Crippen molar-refractivity contribution in [3.8, 4) is 5.75 Å². The Kier molecular flexibility index (Phi) is 10.7. The number of sulfonamides is 1. The Morgan fingerprint density at radius 3 is 2.02 bits per heavy atom. The summed E-state index contributed by atoms with van der Waals surface area (Å²) in [6, 6.07) is 21.5. The number of aryl methyl sites for hydroxylation is 1. The molecule has 2 amide bonds. The average Bonchev–Trinajstić information content (AvgIpc) is 2.97. The number of anilines is 1. The summed E-state index contributed by atoms with van der Waals surface area (Å²) in [6.45, 7) is 7.76. The van der Waals surface area contributed by atoms with Gasteiger partial charge in [-0.2, -0.15) is 0 Å². The molecule has 40 heavy (non-hydrogen) atoms. The lowest BCUT2D eigenvalue weighted by Gasteiger charge is -2.32. The van der Waals surface area contributed by atoms with Gasteiger partial charge in [-0.1, -0.05) is 63.2 Å². The minimum atomic E-state index is -4.08. The number of carbonyl (C=O) groups is 2. The van der Waals surface area contributed by atoms with Crippen molar-refractivity contribution in [2.75, 3.05) is 24.5 Å². The second-order valence-electron chi connectivity index (χ2n) is 10.0. The van der Waals surface area contributed by atoms with Crippen LogP contribution in [-0.2, 0) is 32.6 Å². The maximum absolute atomic E-state index is 14.0. The van der Waals surface area contributed by atoms with E-state index >= 15 is 0 Å². The fourth-order valence-corrected chi connectivity index (χ4v) is 5.54. The zero-order chi connectivity index (χ0) is 29.3. The third-order valence-corrected chi connectivity index (χ3v) is 8.39.